The Morgan fingerprint density at radius 1 is 1.21 bits per heavy atom. The summed E-state index contributed by atoms with van der Waals surface area (Å²) in [6.07, 6.45) is 3.57. The van der Waals surface area contributed by atoms with Gasteiger partial charge >= 0.3 is 0 Å². The van der Waals surface area contributed by atoms with Crippen LogP contribution in [0.5, 0.6) is 0 Å². The molecule has 1 amide bonds. The standard InChI is InChI=1S/C16H22N2O/c1-18(2)10-11-5-3-4-6-15(11)17-16(19)14-8-12-7-13(12)9-14/h3-6,12-14H,7-10H2,1-2H3,(H,17,19). The van der Waals surface area contributed by atoms with E-state index in [1.165, 1.54) is 12.0 Å². The molecule has 19 heavy (non-hydrogen) atoms. The topological polar surface area (TPSA) is 32.3 Å². The maximum atomic E-state index is 12.3. The molecule has 2 fully saturated rings. The molecule has 2 aliphatic rings. The fourth-order valence-corrected chi connectivity index (χ4v) is 3.28. The smallest absolute Gasteiger partial charge is 0.227 e. The molecule has 2 saturated carbocycles. The van der Waals surface area contributed by atoms with Gasteiger partial charge in [-0.05, 0) is 56.8 Å². The van der Waals surface area contributed by atoms with Gasteiger partial charge in [-0.1, -0.05) is 18.2 Å². The minimum Gasteiger partial charge on any atom is -0.326 e. The molecule has 0 heterocycles. The summed E-state index contributed by atoms with van der Waals surface area (Å²) >= 11 is 0. The number of anilines is 1. The molecule has 0 saturated heterocycles. The molecular weight excluding hydrogens is 236 g/mol. The Morgan fingerprint density at radius 2 is 1.89 bits per heavy atom. The van der Waals surface area contributed by atoms with Gasteiger partial charge in [0.1, 0.15) is 0 Å². The first-order valence-corrected chi connectivity index (χ1v) is 7.17. The van der Waals surface area contributed by atoms with Crippen LogP contribution < -0.4 is 5.32 Å². The number of nitrogens with one attached hydrogen (secondary N) is 1. The molecule has 0 aliphatic heterocycles. The van der Waals surface area contributed by atoms with Crippen LogP contribution in [0.2, 0.25) is 0 Å². The van der Waals surface area contributed by atoms with Gasteiger partial charge in [-0.15, -0.1) is 0 Å². The van der Waals surface area contributed by atoms with E-state index in [-0.39, 0.29) is 11.8 Å². The summed E-state index contributed by atoms with van der Waals surface area (Å²) in [4.78, 5) is 14.4. The molecule has 0 spiro atoms. The summed E-state index contributed by atoms with van der Waals surface area (Å²) in [5, 5.41) is 3.13. The zero-order valence-corrected chi connectivity index (χ0v) is 11.7. The first-order valence-electron chi connectivity index (χ1n) is 7.17. The Morgan fingerprint density at radius 3 is 2.58 bits per heavy atom. The lowest BCUT2D eigenvalue weighted by molar-refractivity contribution is -0.120. The van der Waals surface area contributed by atoms with Crippen LogP contribution in [-0.2, 0) is 11.3 Å². The van der Waals surface area contributed by atoms with E-state index in [0.717, 1.165) is 36.9 Å². The van der Waals surface area contributed by atoms with Gasteiger partial charge in [0.25, 0.3) is 0 Å². The van der Waals surface area contributed by atoms with Gasteiger partial charge in [0.2, 0.25) is 5.91 Å². The van der Waals surface area contributed by atoms with E-state index in [2.05, 4.69) is 16.3 Å². The highest BCUT2D eigenvalue weighted by Gasteiger charge is 2.47. The summed E-state index contributed by atoms with van der Waals surface area (Å²) in [7, 11) is 4.09. The Hall–Kier alpha value is -1.35. The Bertz CT molecular complexity index is 473. The third-order valence-corrected chi connectivity index (χ3v) is 4.38. The number of rotatable bonds is 4. The molecule has 3 rings (SSSR count). The van der Waals surface area contributed by atoms with E-state index in [4.69, 9.17) is 0 Å². The Kier molecular flexibility index (Phi) is 3.31. The van der Waals surface area contributed by atoms with Crippen molar-refractivity contribution in [3.8, 4) is 0 Å². The molecular formula is C16H22N2O. The minimum absolute atomic E-state index is 0.221. The van der Waals surface area contributed by atoms with Crippen LogP contribution in [0.4, 0.5) is 5.69 Å². The monoisotopic (exact) mass is 258 g/mol. The first-order chi connectivity index (χ1) is 9.13. The van der Waals surface area contributed by atoms with E-state index < -0.39 is 0 Å². The second-order valence-electron chi connectivity index (χ2n) is 6.31. The molecule has 1 aromatic rings. The lowest BCUT2D eigenvalue weighted by Gasteiger charge is -2.17. The molecule has 1 N–H and O–H groups in total. The van der Waals surface area contributed by atoms with E-state index in [0.29, 0.717) is 0 Å². The van der Waals surface area contributed by atoms with Crippen molar-refractivity contribution < 1.29 is 4.79 Å². The quantitative estimate of drug-likeness (QED) is 0.900. The van der Waals surface area contributed by atoms with E-state index in [9.17, 15) is 4.79 Å². The van der Waals surface area contributed by atoms with Crippen LogP contribution >= 0.6 is 0 Å². The molecule has 0 radical (unpaired) electrons. The van der Waals surface area contributed by atoms with Crippen LogP contribution in [0.1, 0.15) is 24.8 Å². The number of para-hydroxylation sites is 1. The number of carbonyl (C=O) groups is 1. The van der Waals surface area contributed by atoms with Crippen molar-refractivity contribution in [3.63, 3.8) is 0 Å². The largest absolute Gasteiger partial charge is 0.326 e. The van der Waals surface area contributed by atoms with Gasteiger partial charge in [0, 0.05) is 18.2 Å². The molecule has 0 aromatic heterocycles. The minimum atomic E-state index is 0.221. The summed E-state index contributed by atoms with van der Waals surface area (Å²) < 4.78 is 0. The van der Waals surface area contributed by atoms with Crippen LogP contribution in [0.25, 0.3) is 0 Å². The summed E-state index contributed by atoms with van der Waals surface area (Å²) in [6, 6.07) is 8.11. The van der Waals surface area contributed by atoms with Crippen molar-refractivity contribution in [2.24, 2.45) is 17.8 Å². The van der Waals surface area contributed by atoms with Crippen molar-refractivity contribution >= 4 is 11.6 Å². The number of amides is 1. The van der Waals surface area contributed by atoms with Crippen molar-refractivity contribution in [1.82, 2.24) is 4.90 Å². The summed E-state index contributed by atoms with van der Waals surface area (Å²) in [6.45, 7) is 0.854. The van der Waals surface area contributed by atoms with Gasteiger partial charge in [0.05, 0.1) is 0 Å². The summed E-state index contributed by atoms with van der Waals surface area (Å²) in [5.41, 5.74) is 2.16. The van der Waals surface area contributed by atoms with Gasteiger partial charge in [-0.25, -0.2) is 0 Å². The van der Waals surface area contributed by atoms with Gasteiger partial charge < -0.3 is 10.2 Å². The third kappa shape index (κ3) is 2.81. The average molecular weight is 258 g/mol. The molecule has 2 aliphatic carbocycles. The maximum absolute atomic E-state index is 12.3. The van der Waals surface area contributed by atoms with Crippen LogP contribution in [0, 0.1) is 17.8 Å². The van der Waals surface area contributed by atoms with Crippen LogP contribution in [0.15, 0.2) is 24.3 Å². The van der Waals surface area contributed by atoms with E-state index >= 15 is 0 Å². The van der Waals surface area contributed by atoms with E-state index in [1.54, 1.807) is 0 Å². The number of hydrogen-bond acceptors (Lipinski definition) is 2. The fraction of sp³-hybridized carbons (Fsp3) is 0.562. The number of fused-ring (bicyclic) bond motifs is 1. The zero-order chi connectivity index (χ0) is 13.4. The number of nitrogens with zero attached hydrogens (tertiary/aromatic N) is 1. The predicted octanol–water partition coefficient (Wildman–Crippen LogP) is 2.73. The molecule has 1 aromatic carbocycles. The van der Waals surface area contributed by atoms with E-state index in [1.807, 2.05) is 32.3 Å². The number of hydrogen-bond donors (Lipinski definition) is 1. The molecule has 3 heteroatoms. The zero-order valence-electron chi connectivity index (χ0n) is 11.7. The highest BCUT2D eigenvalue weighted by molar-refractivity contribution is 5.93. The maximum Gasteiger partial charge on any atom is 0.227 e. The number of carbonyl (C=O) groups excluding carboxylic acids is 1. The van der Waals surface area contributed by atoms with Crippen LogP contribution in [-0.4, -0.2) is 24.9 Å². The number of benzene rings is 1. The molecule has 3 nitrogen and oxygen atoms in total. The molecule has 2 atom stereocenters. The normalized spacial score (nSPS) is 28.3. The molecule has 102 valence electrons. The van der Waals surface area contributed by atoms with Gasteiger partial charge in [0.15, 0.2) is 0 Å². The second kappa shape index (κ2) is 4.97. The molecule has 0 bridgehead atoms. The predicted molar refractivity (Wildman–Crippen MR) is 76.8 cm³/mol. The highest BCUT2D eigenvalue weighted by atomic mass is 16.1. The second-order valence-corrected chi connectivity index (χ2v) is 6.31. The Balaban J connectivity index is 1.66. The van der Waals surface area contributed by atoms with Crippen molar-refractivity contribution in [1.29, 1.82) is 0 Å². The van der Waals surface area contributed by atoms with Gasteiger partial charge in [-0.2, -0.15) is 0 Å². The van der Waals surface area contributed by atoms with Gasteiger partial charge in [-0.3, -0.25) is 4.79 Å². The third-order valence-electron chi connectivity index (χ3n) is 4.38. The van der Waals surface area contributed by atoms with Crippen LogP contribution in [0.3, 0.4) is 0 Å². The lowest BCUT2D eigenvalue weighted by Crippen LogP contribution is -2.23. The van der Waals surface area contributed by atoms with Crippen molar-refractivity contribution in [2.75, 3.05) is 19.4 Å². The molecule has 2 unspecified atom stereocenters. The first kappa shape index (κ1) is 12.7. The van der Waals surface area contributed by atoms with Crippen molar-refractivity contribution in [2.45, 2.75) is 25.8 Å². The Labute approximate surface area is 115 Å². The summed E-state index contributed by atoms with van der Waals surface area (Å²) in [5.74, 6) is 2.18. The van der Waals surface area contributed by atoms with Crippen molar-refractivity contribution in [3.05, 3.63) is 29.8 Å². The SMILES string of the molecule is CN(C)Cc1ccccc1NC(=O)C1CC2CC2C1. The fourth-order valence-electron chi connectivity index (χ4n) is 3.28. The highest BCUT2D eigenvalue weighted by Crippen LogP contribution is 2.54. The average Bonchev–Trinajstić information content (AvgIpc) is 2.98. The lowest BCUT2D eigenvalue weighted by atomic mass is 10.0.